The number of hydrogen-bond donors (Lipinski definition) is 1. The van der Waals surface area contributed by atoms with Crippen LogP contribution in [0.1, 0.15) is 19.3 Å². The third-order valence-corrected chi connectivity index (χ3v) is 3.53. The summed E-state index contributed by atoms with van der Waals surface area (Å²) in [4.78, 5) is 2.22. The summed E-state index contributed by atoms with van der Waals surface area (Å²) in [6, 6.07) is 0. The fraction of sp³-hybridized carbons (Fsp3) is 1.00. The molecule has 2 nitrogen and oxygen atoms in total. The maximum Gasteiger partial charge on any atom is 0.0182 e. The third kappa shape index (κ3) is 3.33. The molecular formula is C9H20N2S. The van der Waals surface area contributed by atoms with Gasteiger partial charge in [-0.1, -0.05) is 0 Å². The van der Waals surface area contributed by atoms with E-state index in [4.69, 9.17) is 5.73 Å². The van der Waals surface area contributed by atoms with Gasteiger partial charge in [0.2, 0.25) is 0 Å². The van der Waals surface area contributed by atoms with Gasteiger partial charge < -0.3 is 10.6 Å². The summed E-state index contributed by atoms with van der Waals surface area (Å²) in [6.45, 7) is 1.13. The highest BCUT2D eigenvalue weighted by Gasteiger charge is 2.26. The Morgan fingerprint density at radius 2 is 1.92 bits per heavy atom. The first-order chi connectivity index (χ1) is 5.62. The van der Waals surface area contributed by atoms with E-state index in [-0.39, 0.29) is 5.54 Å². The quantitative estimate of drug-likeness (QED) is 0.721. The van der Waals surface area contributed by atoms with Crippen molar-refractivity contribution in [1.29, 1.82) is 0 Å². The predicted octanol–water partition coefficient (Wildman–Crippen LogP) is 1.16. The van der Waals surface area contributed by atoms with Crippen molar-refractivity contribution in [1.82, 2.24) is 4.90 Å². The zero-order chi connectivity index (χ0) is 9.03. The van der Waals surface area contributed by atoms with Gasteiger partial charge in [0.05, 0.1) is 0 Å². The summed E-state index contributed by atoms with van der Waals surface area (Å²) in [7, 11) is 4.22. The molecule has 0 aliphatic carbocycles. The van der Waals surface area contributed by atoms with Gasteiger partial charge in [-0.05, 0) is 51.4 Å². The van der Waals surface area contributed by atoms with Gasteiger partial charge in [0.25, 0.3) is 0 Å². The van der Waals surface area contributed by atoms with Crippen LogP contribution in [0.3, 0.4) is 0 Å². The predicted molar refractivity (Wildman–Crippen MR) is 56.6 cm³/mol. The lowest BCUT2D eigenvalue weighted by atomic mass is 9.90. The van der Waals surface area contributed by atoms with Crippen LogP contribution < -0.4 is 5.73 Å². The van der Waals surface area contributed by atoms with Crippen molar-refractivity contribution in [2.75, 3.05) is 32.1 Å². The molecule has 0 bridgehead atoms. The Hall–Kier alpha value is 0.270. The molecule has 1 aliphatic rings. The van der Waals surface area contributed by atoms with Crippen molar-refractivity contribution in [2.24, 2.45) is 5.73 Å². The summed E-state index contributed by atoms with van der Waals surface area (Å²) in [6.07, 6.45) is 3.55. The Balaban J connectivity index is 2.26. The molecule has 1 heterocycles. The lowest BCUT2D eigenvalue weighted by molar-refractivity contribution is 0.298. The topological polar surface area (TPSA) is 29.3 Å². The zero-order valence-electron chi connectivity index (χ0n) is 8.18. The minimum absolute atomic E-state index is 0.148. The van der Waals surface area contributed by atoms with Crippen molar-refractivity contribution in [3.63, 3.8) is 0 Å². The molecule has 0 radical (unpaired) electrons. The van der Waals surface area contributed by atoms with E-state index in [1.165, 1.54) is 24.3 Å². The van der Waals surface area contributed by atoms with E-state index >= 15 is 0 Å². The molecule has 72 valence electrons. The van der Waals surface area contributed by atoms with Crippen LogP contribution in [0.2, 0.25) is 0 Å². The molecule has 3 heteroatoms. The van der Waals surface area contributed by atoms with Crippen LogP contribution in [-0.2, 0) is 0 Å². The minimum atomic E-state index is 0.148. The van der Waals surface area contributed by atoms with E-state index in [2.05, 4.69) is 19.0 Å². The van der Waals surface area contributed by atoms with Crippen LogP contribution in [-0.4, -0.2) is 42.6 Å². The van der Waals surface area contributed by atoms with Gasteiger partial charge >= 0.3 is 0 Å². The van der Waals surface area contributed by atoms with E-state index in [0.717, 1.165) is 13.0 Å². The standard InChI is InChI=1S/C9H20N2S/c1-11(2)6-3-9(10)4-7-12-8-5-9/h3-8,10H2,1-2H3. The molecule has 2 N–H and O–H groups in total. The summed E-state index contributed by atoms with van der Waals surface area (Å²) < 4.78 is 0. The first-order valence-electron chi connectivity index (χ1n) is 4.64. The van der Waals surface area contributed by atoms with Gasteiger partial charge in [-0.25, -0.2) is 0 Å². The van der Waals surface area contributed by atoms with Gasteiger partial charge in [0, 0.05) is 5.54 Å². The Labute approximate surface area is 79.9 Å². The monoisotopic (exact) mass is 188 g/mol. The molecule has 0 atom stereocenters. The van der Waals surface area contributed by atoms with Crippen molar-refractivity contribution < 1.29 is 0 Å². The number of hydrogen-bond acceptors (Lipinski definition) is 3. The van der Waals surface area contributed by atoms with Crippen LogP contribution >= 0.6 is 11.8 Å². The SMILES string of the molecule is CN(C)CCC1(N)CCSCC1. The molecule has 0 spiro atoms. The molecule has 0 aromatic rings. The average Bonchev–Trinajstić information content (AvgIpc) is 2.03. The molecule has 1 aliphatic heterocycles. The van der Waals surface area contributed by atoms with E-state index in [1.54, 1.807) is 0 Å². The van der Waals surface area contributed by atoms with Crippen LogP contribution in [0.25, 0.3) is 0 Å². The summed E-state index contributed by atoms with van der Waals surface area (Å²) >= 11 is 2.04. The minimum Gasteiger partial charge on any atom is -0.325 e. The zero-order valence-corrected chi connectivity index (χ0v) is 8.99. The Kier molecular flexibility index (Phi) is 3.87. The number of rotatable bonds is 3. The van der Waals surface area contributed by atoms with Crippen LogP contribution in [0.4, 0.5) is 0 Å². The maximum atomic E-state index is 6.27. The molecule has 0 aromatic carbocycles. The number of nitrogens with two attached hydrogens (primary N) is 1. The van der Waals surface area contributed by atoms with Gasteiger partial charge in [0.15, 0.2) is 0 Å². The van der Waals surface area contributed by atoms with Crippen molar-refractivity contribution in [3.05, 3.63) is 0 Å². The van der Waals surface area contributed by atoms with Crippen molar-refractivity contribution in [2.45, 2.75) is 24.8 Å². The van der Waals surface area contributed by atoms with Gasteiger partial charge in [-0.2, -0.15) is 11.8 Å². The van der Waals surface area contributed by atoms with Gasteiger partial charge in [0.1, 0.15) is 0 Å². The second kappa shape index (κ2) is 4.49. The second-order valence-corrected chi connectivity index (χ2v) is 5.25. The van der Waals surface area contributed by atoms with Gasteiger partial charge in [-0.15, -0.1) is 0 Å². The van der Waals surface area contributed by atoms with E-state index in [9.17, 15) is 0 Å². The van der Waals surface area contributed by atoms with Crippen molar-refractivity contribution in [3.8, 4) is 0 Å². The van der Waals surface area contributed by atoms with E-state index in [0.29, 0.717) is 0 Å². The molecule has 12 heavy (non-hydrogen) atoms. The smallest absolute Gasteiger partial charge is 0.0182 e. The van der Waals surface area contributed by atoms with Crippen molar-refractivity contribution >= 4 is 11.8 Å². The second-order valence-electron chi connectivity index (χ2n) is 4.03. The molecule has 0 unspecified atom stereocenters. The van der Waals surface area contributed by atoms with Crippen LogP contribution in [0, 0.1) is 0 Å². The Morgan fingerprint density at radius 1 is 1.33 bits per heavy atom. The summed E-state index contributed by atoms with van der Waals surface area (Å²) in [5.74, 6) is 2.51. The largest absolute Gasteiger partial charge is 0.325 e. The Bertz CT molecular complexity index is 130. The molecule has 1 saturated heterocycles. The highest BCUT2D eigenvalue weighted by molar-refractivity contribution is 7.99. The normalized spacial score (nSPS) is 23.0. The average molecular weight is 188 g/mol. The third-order valence-electron chi connectivity index (χ3n) is 2.55. The van der Waals surface area contributed by atoms with Crippen LogP contribution in [0.15, 0.2) is 0 Å². The van der Waals surface area contributed by atoms with E-state index in [1.807, 2.05) is 11.8 Å². The first kappa shape index (κ1) is 10.4. The van der Waals surface area contributed by atoms with Gasteiger partial charge in [-0.3, -0.25) is 0 Å². The molecule has 1 fully saturated rings. The lowest BCUT2D eigenvalue weighted by Gasteiger charge is -2.34. The molecule has 1 rings (SSSR count). The highest BCUT2D eigenvalue weighted by atomic mass is 32.2. The molecule has 0 saturated carbocycles. The summed E-state index contributed by atoms with van der Waals surface area (Å²) in [5.41, 5.74) is 6.42. The summed E-state index contributed by atoms with van der Waals surface area (Å²) in [5, 5.41) is 0. The fourth-order valence-electron chi connectivity index (χ4n) is 1.47. The van der Waals surface area contributed by atoms with E-state index < -0.39 is 0 Å². The number of nitrogens with zero attached hydrogens (tertiary/aromatic N) is 1. The number of thioether (sulfide) groups is 1. The molecular weight excluding hydrogens is 168 g/mol. The Morgan fingerprint density at radius 3 is 2.42 bits per heavy atom. The highest BCUT2D eigenvalue weighted by Crippen LogP contribution is 2.27. The molecule has 0 aromatic heterocycles. The maximum absolute atomic E-state index is 6.27. The molecule has 0 amide bonds. The lowest BCUT2D eigenvalue weighted by Crippen LogP contribution is -2.45. The first-order valence-corrected chi connectivity index (χ1v) is 5.79. The van der Waals surface area contributed by atoms with Crippen LogP contribution in [0.5, 0.6) is 0 Å². The fourth-order valence-corrected chi connectivity index (χ4v) is 2.78.